The third-order valence-corrected chi connectivity index (χ3v) is 4.56. The highest BCUT2D eigenvalue weighted by Gasteiger charge is 2.38. The van der Waals surface area contributed by atoms with Gasteiger partial charge in [-0.1, -0.05) is 24.3 Å². The van der Waals surface area contributed by atoms with Gasteiger partial charge in [0.2, 0.25) is 5.91 Å². The van der Waals surface area contributed by atoms with Gasteiger partial charge < -0.3 is 42.5 Å². The average molecular weight is 418 g/mol. The minimum absolute atomic E-state index is 0.0573. The number of hydrogen-bond donors (Lipinski definition) is 7. The lowest BCUT2D eigenvalue weighted by Gasteiger charge is -2.30. The van der Waals surface area contributed by atoms with Crippen molar-refractivity contribution in [2.75, 3.05) is 11.5 Å². The third-order valence-electron chi connectivity index (χ3n) is 4.56. The number of nitrogens with two attached hydrogens (primary N) is 3. The third kappa shape index (κ3) is 5.91. The summed E-state index contributed by atoms with van der Waals surface area (Å²) in [5.41, 5.74) is 18.7. The van der Waals surface area contributed by atoms with Gasteiger partial charge in [-0.3, -0.25) is 9.59 Å². The van der Waals surface area contributed by atoms with Crippen LogP contribution in [0.1, 0.15) is 11.1 Å². The molecule has 0 saturated carbocycles. The van der Waals surface area contributed by atoms with Crippen LogP contribution in [0.15, 0.2) is 48.5 Å². The first-order valence-corrected chi connectivity index (χ1v) is 9.09. The van der Waals surface area contributed by atoms with E-state index < -0.39 is 36.2 Å². The van der Waals surface area contributed by atoms with E-state index in [2.05, 4.69) is 0 Å². The van der Waals surface area contributed by atoms with Gasteiger partial charge in [0.1, 0.15) is 12.2 Å². The molecule has 0 aromatic heterocycles. The molecule has 0 radical (unpaired) electrons. The minimum Gasteiger partial charge on any atom is -0.399 e. The van der Waals surface area contributed by atoms with E-state index in [1.165, 1.54) is 4.90 Å². The maximum absolute atomic E-state index is 12.9. The molecule has 2 rings (SSSR count). The Kier molecular flexibility index (Phi) is 7.72. The molecule has 162 valence electrons. The Morgan fingerprint density at radius 2 is 1.10 bits per heavy atom. The SMILES string of the molecule is NC(=O)[C@@H](O)[C@H](O)[C@H](O)[C@@H](O)C(=O)N(Cc1ccc(N)cc1)Cc1ccc(N)cc1. The van der Waals surface area contributed by atoms with Gasteiger partial charge in [0.15, 0.2) is 12.2 Å². The molecule has 0 heterocycles. The molecule has 0 aliphatic rings. The van der Waals surface area contributed by atoms with Crippen molar-refractivity contribution < 1.29 is 30.0 Å². The van der Waals surface area contributed by atoms with Crippen molar-refractivity contribution in [3.05, 3.63) is 59.7 Å². The number of anilines is 2. The lowest BCUT2D eigenvalue weighted by molar-refractivity contribution is -0.161. The maximum Gasteiger partial charge on any atom is 0.254 e. The highest BCUT2D eigenvalue weighted by Crippen LogP contribution is 2.16. The molecule has 10 nitrogen and oxygen atoms in total. The van der Waals surface area contributed by atoms with E-state index in [0.717, 1.165) is 0 Å². The fourth-order valence-corrected chi connectivity index (χ4v) is 2.77. The Bertz CT molecular complexity index is 811. The van der Waals surface area contributed by atoms with Gasteiger partial charge in [-0.2, -0.15) is 0 Å². The van der Waals surface area contributed by atoms with Crippen LogP contribution in [-0.2, 0) is 22.7 Å². The molecule has 0 aliphatic heterocycles. The van der Waals surface area contributed by atoms with Gasteiger partial charge in [-0.25, -0.2) is 0 Å². The molecule has 10 N–H and O–H groups in total. The molecule has 2 aromatic rings. The summed E-state index contributed by atoms with van der Waals surface area (Å²) < 4.78 is 0. The summed E-state index contributed by atoms with van der Waals surface area (Å²) in [5, 5.41) is 39.7. The van der Waals surface area contributed by atoms with Crippen molar-refractivity contribution in [3.8, 4) is 0 Å². The van der Waals surface area contributed by atoms with Crippen LogP contribution in [0, 0.1) is 0 Å². The molecule has 10 heteroatoms. The van der Waals surface area contributed by atoms with Crippen LogP contribution in [0.5, 0.6) is 0 Å². The van der Waals surface area contributed by atoms with Crippen LogP contribution in [-0.4, -0.2) is 61.6 Å². The van der Waals surface area contributed by atoms with Crippen LogP contribution in [0.4, 0.5) is 11.4 Å². The highest BCUT2D eigenvalue weighted by molar-refractivity contribution is 5.82. The Labute approximate surface area is 173 Å². The molecule has 2 aromatic carbocycles. The Morgan fingerprint density at radius 3 is 1.47 bits per heavy atom. The van der Waals surface area contributed by atoms with Crippen LogP contribution < -0.4 is 17.2 Å². The number of amides is 2. The van der Waals surface area contributed by atoms with Crippen LogP contribution in [0.2, 0.25) is 0 Å². The number of hydrogen-bond acceptors (Lipinski definition) is 8. The first-order chi connectivity index (χ1) is 14.1. The largest absolute Gasteiger partial charge is 0.399 e. The smallest absolute Gasteiger partial charge is 0.254 e. The normalized spacial score (nSPS) is 15.1. The monoisotopic (exact) mass is 418 g/mol. The summed E-state index contributed by atoms with van der Waals surface area (Å²) in [6.07, 6.45) is -8.54. The number of rotatable bonds is 9. The van der Waals surface area contributed by atoms with Crippen molar-refractivity contribution in [1.29, 1.82) is 0 Å². The Hall–Kier alpha value is -3.18. The van der Waals surface area contributed by atoms with Gasteiger partial charge in [0, 0.05) is 24.5 Å². The number of primary amides is 1. The topological polar surface area (TPSA) is 196 Å². The summed E-state index contributed by atoms with van der Waals surface area (Å²) in [4.78, 5) is 25.1. The van der Waals surface area contributed by atoms with E-state index in [-0.39, 0.29) is 13.1 Å². The van der Waals surface area contributed by atoms with Crippen molar-refractivity contribution in [3.63, 3.8) is 0 Å². The van der Waals surface area contributed by atoms with Crippen molar-refractivity contribution in [2.24, 2.45) is 5.73 Å². The van der Waals surface area contributed by atoms with Gasteiger partial charge in [0.05, 0.1) is 0 Å². The molecule has 0 fully saturated rings. The molecule has 4 atom stereocenters. The quantitative estimate of drug-likeness (QED) is 0.234. The summed E-state index contributed by atoms with van der Waals surface area (Å²) in [5.74, 6) is -2.23. The van der Waals surface area contributed by atoms with Crippen LogP contribution in [0.25, 0.3) is 0 Å². The Balaban J connectivity index is 2.24. The number of aliphatic hydroxyl groups is 4. The molecule has 0 bridgehead atoms. The second kappa shape index (κ2) is 10.0. The fourth-order valence-electron chi connectivity index (χ4n) is 2.77. The van der Waals surface area contributed by atoms with Gasteiger partial charge in [-0.05, 0) is 35.4 Å². The van der Waals surface area contributed by atoms with E-state index in [9.17, 15) is 30.0 Å². The number of benzene rings is 2. The van der Waals surface area contributed by atoms with Gasteiger partial charge in [-0.15, -0.1) is 0 Å². The molecule has 0 spiro atoms. The van der Waals surface area contributed by atoms with Crippen molar-refractivity contribution in [2.45, 2.75) is 37.5 Å². The molecule has 30 heavy (non-hydrogen) atoms. The molecule has 0 aliphatic carbocycles. The van der Waals surface area contributed by atoms with E-state index in [0.29, 0.717) is 22.5 Å². The second-order valence-electron chi connectivity index (χ2n) is 6.95. The first kappa shape index (κ1) is 23.1. The van der Waals surface area contributed by atoms with E-state index in [1.807, 2.05) is 0 Å². The standard InChI is InChI=1S/C20H26N4O6/c21-13-5-1-11(2-6-13)9-24(10-12-3-7-14(22)8-4-12)20(30)18(28)16(26)15(25)17(27)19(23)29/h1-8,15-18,25-28H,9-10,21-22H2,(H2,23,29)/t15-,16+,17+,18-/m1/s1. The summed E-state index contributed by atoms with van der Waals surface area (Å²) in [6.45, 7) is 0.115. The van der Waals surface area contributed by atoms with Crippen molar-refractivity contribution >= 4 is 23.2 Å². The average Bonchev–Trinajstić information content (AvgIpc) is 2.73. The summed E-state index contributed by atoms with van der Waals surface area (Å²) in [7, 11) is 0. The number of nitrogens with zero attached hydrogens (tertiary/aromatic N) is 1. The lowest BCUT2D eigenvalue weighted by atomic mass is 10.0. The van der Waals surface area contributed by atoms with E-state index >= 15 is 0 Å². The number of aliphatic hydroxyl groups excluding tert-OH is 4. The van der Waals surface area contributed by atoms with Gasteiger partial charge in [0.25, 0.3) is 5.91 Å². The van der Waals surface area contributed by atoms with E-state index in [4.69, 9.17) is 17.2 Å². The second-order valence-corrected chi connectivity index (χ2v) is 6.95. The molecule has 0 unspecified atom stereocenters. The van der Waals surface area contributed by atoms with Crippen molar-refractivity contribution in [1.82, 2.24) is 4.90 Å². The van der Waals surface area contributed by atoms with Crippen LogP contribution >= 0.6 is 0 Å². The minimum atomic E-state index is -2.15. The molecular weight excluding hydrogens is 392 g/mol. The Morgan fingerprint density at radius 1 is 0.733 bits per heavy atom. The lowest BCUT2D eigenvalue weighted by Crippen LogP contribution is -2.54. The zero-order chi connectivity index (χ0) is 22.4. The van der Waals surface area contributed by atoms with Crippen LogP contribution in [0.3, 0.4) is 0 Å². The number of carbonyl (C=O) groups excluding carboxylic acids is 2. The maximum atomic E-state index is 12.9. The molecular formula is C20H26N4O6. The highest BCUT2D eigenvalue weighted by atomic mass is 16.4. The predicted molar refractivity (Wildman–Crippen MR) is 109 cm³/mol. The zero-order valence-electron chi connectivity index (χ0n) is 16.1. The molecule has 2 amide bonds. The summed E-state index contributed by atoms with van der Waals surface area (Å²) >= 11 is 0. The van der Waals surface area contributed by atoms with E-state index in [1.54, 1.807) is 48.5 Å². The predicted octanol–water partition coefficient (Wildman–Crippen LogP) is -1.69. The fraction of sp³-hybridized carbons (Fsp3) is 0.300. The first-order valence-electron chi connectivity index (χ1n) is 9.09. The zero-order valence-corrected chi connectivity index (χ0v) is 16.1. The molecule has 0 saturated heterocycles. The summed E-state index contributed by atoms with van der Waals surface area (Å²) in [6, 6.07) is 13.4. The number of nitrogen functional groups attached to an aromatic ring is 2. The number of carbonyl (C=O) groups is 2. The van der Waals surface area contributed by atoms with Gasteiger partial charge >= 0.3 is 0 Å².